The van der Waals surface area contributed by atoms with Gasteiger partial charge in [-0.2, -0.15) is 0 Å². The van der Waals surface area contributed by atoms with Crippen LogP contribution in [0.2, 0.25) is 5.02 Å². The molecule has 1 atom stereocenters. The maximum Gasteiger partial charge on any atom is 0.241 e. The van der Waals surface area contributed by atoms with Gasteiger partial charge >= 0.3 is 0 Å². The van der Waals surface area contributed by atoms with Crippen LogP contribution in [-0.2, 0) is 20.0 Å². The van der Waals surface area contributed by atoms with Crippen LogP contribution in [0.3, 0.4) is 0 Å². The quantitative estimate of drug-likeness (QED) is 0.834. The first-order chi connectivity index (χ1) is 10.6. The van der Waals surface area contributed by atoms with E-state index in [4.69, 9.17) is 16.7 Å². The molecule has 1 unspecified atom stereocenters. The van der Waals surface area contributed by atoms with Crippen molar-refractivity contribution in [3.63, 3.8) is 0 Å². The highest BCUT2D eigenvalue weighted by Gasteiger charge is 2.19. The van der Waals surface area contributed by atoms with Crippen molar-refractivity contribution in [3.05, 3.63) is 59.1 Å². The Morgan fingerprint density at radius 1 is 1.00 bits per heavy atom. The van der Waals surface area contributed by atoms with E-state index in [1.807, 2.05) is 0 Å². The molecule has 0 aliphatic heterocycles. The lowest BCUT2D eigenvalue weighted by molar-refractivity contribution is 0.566. The Morgan fingerprint density at radius 2 is 1.57 bits per heavy atom. The topological polar surface area (TPSA) is 106 Å². The molecule has 23 heavy (non-hydrogen) atoms. The van der Waals surface area contributed by atoms with Crippen molar-refractivity contribution in [1.82, 2.24) is 4.72 Å². The van der Waals surface area contributed by atoms with Gasteiger partial charge in [-0.05, 0) is 48.9 Å². The Labute approximate surface area is 140 Å². The largest absolute Gasteiger partial charge is 0.241 e. The predicted octanol–water partition coefficient (Wildman–Crippen LogP) is 2.03. The molecule has 124 valence electrons. The molecule has 6 nitrogen and oxygen atoms in total. The van der Waals surface area contributed by atoms with Crippen molar-refractivity contribution in [1.29, 1.82) is 0 Å². The number of hydrogen-bond donors (Lipinski definition) is 2. The first kappa shape index (κ1) is 17.9. The molecule has 9 heteroatoms. The van der Waals surface area contributed by atoms with Gasteiger partial charge in [0.1, 0.15) is 0 Å². The second-order valence-corrected chi connectivity index (χ2v) is 8.63. The predicted molar refractivity (Wildman–Crippen MR) is 88.0 cm³/mol. The fourth-order valence-corrected chi connectivity index (χ4v) is 3.90. The van der Waals surface area contributed by atoms with Gasteiger partial charge in [0.25, 0.3) is 0 Å². The van der Waals surface area contributed by atoms with Crippen molar-refractivity contribution in [2.45, 2.75) is 22.8 Å². The van der Waals surface area contributed by atoms with E-state index in [0.717, 1.165) is 12.1 Å². The monoisotopic (exact) mass is 374 g/mol. The molecule has 0 saturated carbocycles. The van der Waals surface area contributed by atoms with Gasteiger partial charge in [-0.15, -0.1) is 0 Å². The molecule has 0 spiro atoms. The number of benzene rings is 2. The summed E-state index contributed by atoms with van der Waals surface area (Å²) in [4.78, 5) is -0.210. The van der Waals surface area contributed by atoms with Gasteiger partial charge in [0, 0.05) is 11.1 Å². The van der Waals surface area contributed by atoms with E-state index >= 15 is 0 Å². The summed E-state index contributed by atoms with van der Waals surface area (Å²) in [5.41, 5.74) is 0.710. The lowest BCUT2D eigenvalue weighted by atomic mass is 10.1. The van der Waals surface area contributed by atoms with Crippen molar-refractivity contribution >= 4 is 31.6 Å². The van der Waals surface area contributed by atoms with E-state index in [0.29, 0.717) is 10.6 Å². The third-order valence-corrected chi connectivity index (χ3v) is 5.86. The Bertz CT molecular complexity index is 910. The van der Waals surface area contributed by atoms with Crippen LogP contribution in [-0.4, -0.2) is 16.8 Å². The highest BCUT2D eigenvalue weighted by Crippen LogP contribution is 2.20. The summed E-state index contributed by atoms with van der Waals surface area (Å²) >= 11 is 5.89. The van der Waals surface area contributed by atoms with Gasteiger partial charge in [-0.3, -0.25) is 0 Å². The zero-order chi connectivity index (χ0) is 17.3. The molecule has 0 bridgehead atoms. The maximum absolute atomic E-state index is 12.3. The van der Waals surface area contributed by atoms with E-state index < -0.39 is 26.1 Å². The second-order valence-electron chi connectivity index (χ2n) is 4.91. The highest BCUT2D eigenvalue weighted by atomic mass is 35.5. The van der Waals surface area contributed by atoms with E-state index in [1.54, 1.807) is 31.2 Å². The summed E-state index contributed by atoms with van der Waals surface area (Å²) in [5, 5.41) is 5.49. The van der Waals surface area contributed by atoms with E-state index in [1.165, 1.54) is 12.1 Å². The van der Waals surface area contributed by atoms with Crippen LogP contribution >= 0.6 is 11.6 Å². The first-order valence-corrected chi connectivity index (χ1v) is 9.91. The Morgan fingerprint density at radius 3 is 2.09 bits per heavy atom. The standard InChI is InChI=1S/C14H15ClN2O4S2/c1-10(11-3-2-4-12(15)9-11)17-23(20,21)14-7-5-13(6-8-14)22(16,18)19/h2-10,17H,1H3,(H2,16,18,19). The minimum absolute atomic E-state index is 0.0567. The normalized spacial score (nSPS) is 13.7. The maximum atomic E-state index is 12.3. The summed E-state index contributed by atoms with van der Waals surface area (Å²) in [5.74, 6) is 0. The smallest absolute Gasteiger partial charge is 0.225 e. The molecule has 0 aliphatic rings. The summed E-state index contributed by atoms with van der Waals surface area (Å²) in [6.45, 7) is 1.68. The molecule has 0 amide bonds. The second kappa shape index (κ2) is 6.58. The fourth-order valence-electron chi connectivity index (χ4n) is 1.95. The van der Waals surface area contributed by atoms with Crippen molar-refractivity contribution in [2.24, 2.45) is 5.14 Å². The molecule has 2 rings (SSSR count). The van der Waals surface area contributed by atoms with Crippen molar-refractivity contribution in [2.75, 3.05) is 0 Å². The Balaban J connectivity index is 2.25. The molecule has 0 radical (unpaired) electrons. The van der Waals surface area contributed by atoms with Crippen LogP contribution < -0.4 is 9.86 Å². The molecular formula is C14H15ClN2O4S2. The van der Waals surface area contributed by atoms with Crippen LogP contribution in [0.5, 0.6) is 0 Å². The SMILES string of the molecule is CC(NS(=O)(=O)c1ccc(S(N)(=O)=O)cc1)c1cccc(Cl)c1. The Hall–Kier alpha value is -1.45. The van der Waals surface area contributed by atoms with Crippen LogP contribution in [0.1, 0.15) is 18.5 Å². The fraction of sp³-hybridized carbons (Fsp3) is 0.143. The van der Waals surface area contributed by atoms with Crippen molar-refractivity contribution in [3.8, 4) is 0 Å². The van der Waals surface area contributed by atoms with Crippen LogP contribution in [0.4, 0.5) is 0 Å². The summed E-state index contributed by atoms with van der Waals surface area (Å²) < 4.78 is 49.6. The van der Waals surface area contributed by atoms with Crippen LogP contribution in [0, 0.1) is 0 Å². The number of halogens is 1. The molecule has 0 fully saturated rings. The lowest BCUT2D eigenvalue weighted by Crippen LogP contribution is -2.27. The average molecular weight is 375 g/mol. The molecular weight excluding hydrogens is 360 g/mol. The minimum Gasteiger partial charge on any atom is -0.225 e. The van der Waals surface area contributed by atoms with E-state index in [-0.39, 0.29) is 9.79 Å². The number of nitrogens with two attached hydrogens (primary N) is 1. The zero-order valence-electron chi connectivity index (χ0n) is 12.1. The first-order valence-electron chi connectivity index (χ1n) is 6.50. The Kier molecular flexibility index (Phi) is 5.12. The van der Waals surface area contributed by atoms with Gasteiger partial charge in [-0.25, -0.2) is 26.7 Å². The number of nitrogens with one attached hydrogen (secondary N) is 1. The minimum atomic E-state index is -3.87. The average Bonchev–Trinajstić information content (AvgIpc) is 2.46. The van der Waals surface area contributed by atoms with Crippen molar-refractivity contribution < 1.29 is 16.8 Å². The number of primary sulfonamides is 1. The van der Waals surface area contributed by atoms with E-state index in [9.17, 15) is 16.8 Å². The van der Waals surface area contributed by atoms with Gasteiger partial charge in [0.2, 0.25) is 20.0 Å². The third-order valence-electron chi connectivity index (χ3n) is 3.14. The van der Waals surface area contributed by atoms with Gasteiger partial charge < -0.3 is 0 Å². The van der Waals surface area contributed by atoms with Crippen LogP contribution in [0.15, 0.2) is 58.3 Å². The van der Waals surface area contributed by atoms with E-state index in [2.05, 4.69) is 4.72 Å². The molecule has 2 aromatic carbocycles. The molecule has 3 N–H and O–H groups in total. The number of hydrogen-bond acceptors (Lipinski definition) is 4. The molecule has 0 heterocycles. The highest BCUT2D eigenvalue weighted by molar-refractivity contribution is 7.89. The number of sulfonamides is 2. The number of rotatable bonds is 5. The van der Waals surface area contributed by atoms with Gasteiger partial charge in [-0.1, -0.05) is 23.7 Å². The molecule has 2 aromatic rings. The van der Waals surface area contributed by atoms with Gasteiger partial charge in [0.15, 0.2) is 0 Å². The summed E-state index contributed by atoms with van der Waals surface area (Å²) in [6.07, 6.45) is 0. The summed E-state index contributed by atoms with van der Waals surface area (Å²) in [7, 11) is -7.68. The zero-order valence-corrected chi connectivity index (χ0v) is 14.5. The summed E-state index contributed by atoms with van der Waals surface area (Å²) in [6, 6.07) is 11.0. The van der Waals surface area contributed by atoms with Crippen LogP contribution in [0.25, 0.3) is 0 Å². The molecule has 0 saturated heterocycles. The van der Waals surface area contributed by atoms with Gasteiger partial charge in [0.05, 0.1) is 9.79 Å². The lowest BCUT2D eigenvalue weighted by Gasteiger charge is -2.15. The molecule has 0 aliphatic carbocycles. The molecule has 0 aromatic heterocycles. The third kappa shape index (κ3) is 4.52.